The molecule has 0 bridgehead atoms. The third-order valence-electron chi connectivity index (χ3n) is 3.43. The van der Waals surface area contributed by atoms with Crippen LogP contribution >= 0.6 is 11.6 Å². The molecule has 7 nitrogen and oxygen atoms in total. The van der Waals surface area contributed by atoms with Gasteiger partial charge in [0.1, 0.15) is 0 Å². The van der Waals surface area contributed by atoms with Gasteiger partial charge >= 0.3 is 6.03 Å². The molecule has 0 saturated carbocycles. The molecule has 0 spiro atoms. The highest BCUT2D eigenvalue weighted by Gasteiger charge is 2.26. The first kappa shape index (κ1) is 17.4. The molecule has 3 rings (SSSR count). The van der Waals surface area contributed by atoms with Gasteiger partial charge in [0.15, 0.2) is 5.71 Å². The Bertz CT molecular complexity index is 939. The molecule has 130 valence electrons. The van der Waals surface area contributed by atoms with Crippen LogP contribution in [-0.4, -0.2) is 23.6 Å². The molecular weight excluding hydrogens is 356 g/mol. The van der Waals surface area contributed by atoms with Crippen molar-refractivity contribution in [3.8, 4) is 0 Å². The van der Waals surface area contributed by atoms with Crippen molar-refractivity contribution in [3.63, 3.8) is 0 Å². The maximum absolute atomic E-state index is 11.9. The van der Waals surface area contributed by atoms with Gasteiger partial charge in [-0.1, -0.05) is 41.9 Å². The number of hydrogen-bond acceptors (Lipinski definition) is 4. The zero-order valence-electron chi connectivity index (χ0n) is 13.3. The summed E-state index contributed by atoms with van der Waals surface area (Å²) in [5, 5.41) is 8.88. The molecule has 0 radical (unpaired) electrons. The summed E-state index contributed by atoms with van der Waals surface area (Å²) in [6, 6.07) is 13.1. The molecule has 0 atom stereocenters. The lowest BCUT2D eigenvalue weighted by atomic mass is 10.1. The van der Waals surface area contributed by atoms with Crippen LogP contribution in [0.5, 0.6) is 0 Å². The molecule has 0 fully saturated rings. The predicted octanol–water partition coefficient (Wildman–Crippen LogP) is 2.54. The number of halogens is 1. The molecule has 4 amide bonds. The van der Waals surface area contributed by atoms with E-state index in [1.807, 2.05) is 30.3 Å². The van der Waals surface area contributed by atoms with Crippen LogP contribution in [0.25, 0.3) is 6.08 Å². The number of imide groups is 1. The van der Waals surface area contributed by atoms with Gasteiger partial charge in [-0.15, -0.1) is 0 Å². The van der Waals surface area contributed by atoms with Crippen molar-refractivity contribution in [3.05, 3.63) is 70.8 Å². The molecule has 0 unspecified atom stereocenters. The minimum atomic E-state index is -0.858. The zero-order chi connectivity index (χ0) is 18.5. The Labute approximate surface area is 153 Å². The Morgan fingerprint density at radius 1 is 1.12 bits per heavy atom. The zero-order valence-corrected chi connectivity index (χ0v) is 14.1. The summed E-state index contributed by atoms with van der Waals surface area (Å²) in [4.78, 5) is 35.4. The van der Waals surface area contributed by atoms with Crippen LogP contribution in [0.1, 0.15) is 11.1 Å². The van der Waals surface area contributed by atoms with Gasteiger partial charge in [-0.05, 0) is 29.8 Å². The highest BCUT2D eigenvalue weighted by atomic mass is 35.5. The van der Waals surface area contributed by atoms with E-state index in [0.29, 0.717) is 16.3 Å². The summed E-state index contributed by atoms with van der Waals surface area (Å²) in [7, 11) is 0. The topological polar surface area (TPSA) is 99.7 Å². The average molecular weight is 369 g/mol. The number of amides is 4. The number of fused-ring (bicyclic) bond motifs is 1. The first-order chi connectivity index (χ1) is 12.5. The third-order valence-corrected chi connectivity index (χ3v) is 3.67. The van der Waals surface area contributed by atoms with E-state index in [0.717, 1.165) is 5.56 Å². The lowest BCUT2D eigenvalue weighted by Crippen LogP contribution is -2.37. The summed E-state index contributed by atoms with van der Waals surface area (Å²) in [5.41, 5.74) is 3.96. The Kier molecular flexibility index (Phi) is 5.09. The Balaban J connectivity index is 1.61. The van der Waals surface area contributed by atoms with Crippen molar-refractivity contribution < 1.29 is 14.4 Å². The van der Waals surface area contributed by atoms with Crippen molar-refractivity contribution in [2.75, 3.05) is 5.32 Å². The molecule has 26 heavy (non-hydrogen) atoms. The Morgan fingerprint density at radius 2 is 1.88 bits per heavy atom. The molecule has 0 aliphatic carbocycles. The number of rotatable bonds is 3. The van der Waals surface area contributed by atoms with E-state index in [1.54, 1.807) is 24.3 Å². The second-order valence-electron chi connectivity index (χ2n) is 5.28. The monoisotopic (exact) mass is 368 g/mol. The van der Waals surface area contributed by atoms with Crippen LogP contribution in [0.4, 0.5) is 10.5 Å². The van der Waals surface area contributed by atoms with Crippen LogP contribution < -0.4 is 16.1 Å². The number of nitrogens with one attached hydrogen (secondary N) is 3. The fraction of sp³-hybridized carbons (Fsp3) is 0. The van der Waals surface area contributed by atoms with Gasteiger partial charge in [0.05, 0.1) is 5.69 Å². The fourth-order valence-corrected chi connectivity index (χ4v) is 2.43. The molecule has 1 aliphatic rings. The van der Waals surface area contributed by atoms with E-state index in [-0.39, 0.29) is 5.71 Å². The summed E-state index contributed by atoms with van der Waals surface area (Å²) >= 11 is 5.91. The molecule has 1 aliphatic heterocycles. The van der Waals surface area contributed by atoms with Gasteiger partial charge in [0, 0.05) is 16.7 Å². The van der Waals surface area contributed by atoms with E-state index in [9.17, 15) is 14.4 Å². The number of nitrogens with zero attached hydrogens (tertiary/aromatic N) is 1. The van der Waals surface area contributed by atoms with Crippen molar-refractivity contribution >= 4 is 46.9 Å². The van der Waals surface area contributed by atoms with Crippen LogP contribution in [0.3, 0.4) is 0 Å². The van der Waals surface area contributed by atoms with Gasteiger partial charge in [-0.2, -0.15) is 5.10 Å². The number of anilines is 1. The second kappa shape index (κ2) is 7.62. The smallest absolute Gasteiger partial charge is 0.320 e. The lowest BCUT2D eigenvalue weighted by Gasteiger charge is -2.01. The maximum atomic E-state index is 11.9. The molecule has 1 heterocycles. The largest absolute Gasteiger partial charge is 0.342 e. The van der Waals surface area contributed by atoms with E-state index in [4.69, 9.17) is 11.6 Å². The molecule has 0 saturated heterocycles. The SMILES string of the molecule is O=C(C=Cc1ccccc1)NC(=O)N/N=C1\C(=O)Nc2ccc(Cl)cc21. The van der Waals surface area contributed by atoms with Crippen LogP contribution in [0.15, 0.2) is 59.7 Å². The van der Waals surface area contributed by atoms with Gasteiger partial charge in [-0.3, -0.25) is 14.9 Å². The summed E-state index contributed by atoms with van der Waals surface area (Å²) < 4.78 is 0. The predicted molar refractivity (Wildman–Crippen MR) is 98.8 cm³/mol. The molecular formula is C18H13ClN4O3. The molecule has 2 aromatic rings. The van der Waals surface area contributed by atoms with E-state index in [1.165, 1.54) is 6.08 Å². The third kappa shape index (κ3) is 4.14. The fourth-order valence-electron chi connectivity index (χ4n) is 2.26. The number of carbonyl (C=O) groups excluding carboxylic acids is 3. The number of hydrazone groups is 1. The standard InChI is InChI=1S/C18H13ClN4O3/c19-12-7-8-14-13(10-12)16(17(25)20-14)22-23-18(26)21-15(24)9-6-11-4-2-1-3-5-11/h1-10H,(H,20,22,25)(H2,21,23,24,26). The first-order valence-corrected chi connectivity index (χ1v) is 7.94. The minimum absolute atomic E-state index is 0.00456. The number of hydrogen-bond donors (Lipinski definition) is 3. The normalized spacial score (nSPS) is 14.2. The van der Waals surface area contributed by atoms with Crippen LogP contribution in [0, 0.1) is 0 Å². The number of benzene rings is 2. The highest BCUT2D eigenvalue weighted by Crippen LogP contribution is 2.26. The van der Waals surface area contributed by atoms with E-state index in [2.05, 4.69) is 21.2 Å². The van der Waals surface area contributed by atoms with Gasteiger partial charge in [0.25, 0.3) is 11.8 Å². The van der Waals surface area contributed by atoms with Gasteiger partial charge in [0.2, 0.25) is 0 Å². The number of urea groups is 1. The molecule has 2 aromatic carbocycles. The first-order valence-electron chi connectivity index (χ1n) is 7.56. The lowest BCUT2D eigenvalue weighted by molar-refractivity contribution is -0.115. The summed E-state index contributed by atoms with van der Waals surface area (Å²) in [6.45, 7) is 0. The molecule has 3 N–H and O–H groups in total. The van der Waals surface area contributed by atoms with Gasteiger partial charge < -0.3 is 5.32 Å². The molecule has 0 aromatic heterocycles. The average Bonchev–Trinajstić information content (AvgIpc) is 2.93. The Morgan fingerprint density at radius 3 is 2.65 bits per heavy atom. The van der Waals surface area contributed by atoms with Crippen LogP contribution in [-0.2, 0) is 9.59 Å². The van der Waals surface area contributed by atoms with Gasteiger partial charge in [-0.25, -0.2) is 10.2 Å². The minimum Gasteiger partial charge on any atom is -0.320 e. The quantitative estimate of drug-likeness (QED) is 0.573. The molecule has 8 heteroatoms. The van der Waals surface area contributed by atoms with Crippen molar-refractivity contribution in [2.45, 2.75) is 0 Å². The summed E-state index contributed by atoms with van der Waals surface area (Å²) in [5.74, 6) is -1.09. The van der Waals surface area contributed by atoms with E-state index >= 15 is 0 Å². The highest BCUT2D eigenvalue weighted by molar-refractivity contribution is 6.54. The second-order valence-corrected chi connectivity index (χ2v) is 5.72. The van der Waals surface area contributed by atoms with Crippen LogP contribution in [0.2, 0.25) is 5.02 Å². The van der Waals surface area contributed by atoms with Crippen molar-refractivity contribution in [1.29, 1.82) is 0 Å². The number of carbonyl (C=O) groups is 3. The van der Waals surface area contributed by atoms with Crippen molar-refractivity contribution in [1.82, 2.24) is 10.7 Å². The Hall–Kier alpha value is -3.45. The van der Waals surface area contributed by atoms with Crippen molar-refractivity contribution in [2.24, 2.45) is 5.10 Å². The summed E-state index contributed by atoms with van der Waals surface area (Å²) in [6.07, 6.45) is 2.79. The van der Waals surface area contributed by atoms with E-state index < -0.39 is 17.8 Å². The maximum Gasteiger partial charge on any atom is 0.342 e.